The van der Waals surface area contributed by atoms with Crippen molar-refractivity contribution in [2.75, 3.05) is 13.1 Å². The van der Waals surface area contributed by atoms with E-state index in [1.54, 1.807) is 0 Å². The zero-order valence-corrected chi connectivity index (χ0v) is 14.3. The summed E-state index contributed by atoms with van der Waals surface area (Å²) in [6.07, 6.45) is 4.04. The molecule has 6 nitrogen and oxygen atoms in total. The Bertz CT molecular complexity index is 899. The van der Waals surface area contributed by atoms with Crippen LogP contribution in [0.15, 0.2) is 23.0 Å². The predicted molar refractivity (Wildman–Crippen MR) is 89.7 cm³/mol. The molecule has 0 saturated carbocycles. The lowest BCUT2D eigenvalue weighted by Crippen LogP contribution is -2.41. The average Bonchev–Trinajstić information content (AvgIpc) is 3.27. The Morgan fingerprint density at radius 2 is 1.92 bits per heavy atom. The molecule has 3 heterocycles. The van der Waals surface area contributed by atoms with Crippen molar-refractivity contribution < 1.29 is 13.6 Å². The third-order valence-corrected chi connectivity index (χ3v) is 5.15. The molecule has 0 aliphatic carbocycles. The molecule has 26 heavy (non-hydrogen) atoms. The predicted octanol–water partition coefficient (Wildman–Crippen LogP) is 1.87. The van der Waals surface area contributed by atoms with Crippen molar-refractivity contribution in [2.24, 2.45) is 0 Å². The summed E-state index contributed by atoms with van der Waals surface area (Å²) in [6, 6.07) is 3.01. The number of rotatable bonds is 3. The van der Waals surface area contributed by atoms with E-state index in [9.17, 15) is 18.4 Å². The number of nitrogens with zero attached hydrogens (tertiary/aromatic N) is 4. The summed E-state index contributed by atoms with van der Waals surface area (Å²) in [7, 11) is 0. The van der Waals surface area contributed by atoms with Crippen LogP contribution in [0.5, 0.6) is 0 Å². The Morgan fingerprint density at radius 1 is 1.15 bits per heavy atom. The second-order valence-corrected chi connectivity index (χ2v) is 6.92. The standard InChI is InChI=1S/C18H20F2N4O2/c19-13-7-6-12(10-14(13)20)11-23-18(26)24-15(4-3-5-16(24)21-23)17(25)22-8-1-2-9-22/h6-7,10,15H,1-5,8-9,11H2/t15-/m1/s1. The number of aryl methyl sites for hydroxylation is 1. The van der Waals surface area contributed by atoms with Gasteiger partial charge >= 0.3 is 5.69 Å². The molecule has 0 N–H and O–H groups in total. The lowest BCUT2D eigenvalue weighted by molar-refractivity contribution is -0.134. The summed E-state index contributed by atoms with van der Waals surface area (Å²) in [6.45, 7) is 1.52. The van der Waals surface area contributed by atoms with E-state index in [1.807, 2.05) is 4.90 Å². The lowest BCUT2D eigenvalue weighted by Gasteiger charge is -2.27. The molecule has 138 valence electrons. The molecule has 0 unspecified atom stereocenters. The van der Waals surface area contributed by atoms with Crippen LogP contribution in [0.4, 0.5) is 8.78 Å². The van der Waals surface area contributed by atoms with Gasteiger partial charge in [0.25, 0.3) is 0 Å². The minimum Gasteiger partial charge on any atom is -0.341 e. The Morgan fingerprint density at radius 3 is 2.65 bits per heavy atom. The maximum atomic E-state index is 13.4. The van der Waals surface area contributed by atoms with E-state index in [4.69, 9.17) is 0 Å². The van der Waals surface area contributed by atoms with Crippen LogP contribution in [0, 0.1) is 11.6 Å². The second kappa shape index (κ2) is 6.66. The number of hydrogen-bond acceptors (Lipinski definition) is 3. The molecule has 2 aliphatic rings. The molecule has 1 amide bonds. The molecule has 8 heteroatoms. The highest BCUT2D eigenvalue weighted by Crippen LogP contribution is 2.25. The summed E-state index contributed by atoms with van der Waals surface area (Å²) in [5.74, 6) is -1.32. The van der Waals surface area contributed by atoms with Gasteiger partial charge in [-0.05, 0) is 43.4 Å². The van der Waals surface area contributed by atoms with Crippen LogP contribution in [0.25, 0.3) is 0 Å². The first-order chi connectivity index (χ1) is 12.5. The van der Waals surface area contributed by atoms with Crippen molar-refractivity contribution in [3.8, 4) is 0 Å². The summed E-state index contributed by atoms with van der Waals surface area (Å²) in [5.41, 5.74) is 0.0749. The summed E-state index contributed by atoms with van der Waals surface area (Å²) in [4.78, 5) is 27.4. The van der Waals surface area contributed by atoms with Gasteiger partial charge in [-0.1, -0.05) is 6.07 Å². The van der Waals surface area contributed by atoms with Gasteiger partial charge in [0.1, 0.15) is 11.9 Å². The Kier molecular flexibility index (Phi) is 4.34. The maximum Gasteiger partial charge on any atom is 0.346 e. The van der Waals surface area contributed by atoms with Gasteiger partial charge < -0.3 is 4.90 Å². The first kappa shape index (κ1) is 16.9. The molecule has 1 fully saturated rings. The van der Waals surface area contributed by atoms with Crippen LogP contribution in [-0.2, 0) is 17.8 Å². The number of aromatic nitrogens is 3. The fraction of sp³-hybridized carbons (Fsp3) is 0.500. The minimum atomic E-state index is -0.957. The number of benzene rings is 1. The summed E-state index contributed by atoms with van der Waals surface area (Å²) >= 11 is 0. The molecular formula is C18H20F2N4O2. The number of carbonyl (C=O) groups is 1. The van der Waals surface area contributed by atoms with Gasteiger partial charge in [-0.15, -0.1) is 0 Å². The number of hydrogen-bond donors (Lipinski definition) is 0. The van der Waals surface area contributed by atoms with Crippen molar-refractivity contribution in [3.05, 3.63) is 51.7 Å². The molecule has 2 aromatic rings. The van der Waals surface area contributed by atoms with E-state index in [2.05, 4.69) is 5.10 Å². The van der Waals surface area contributed by atoms with Gasteiger partial charge in [0.05, 0.1) is 6.54 Å². The molecule has 1 aromatic heterocycles. The number of fused-ring (bicyclic) bond motifs is 1. The summed E-state index contributed by atoms with van der Waals surface area (Å²) < 4.78 is 29.2. The SMILES string of the molecule is O=C([C@H]1CCCc2nn(Cc3ccc(F)c(F)c3)c(=O)n21)N1CCCC1. The second-order valence-electron chi connectivity index (χ2n) is 6.92. The number of carbonyl (C=O) groups excluding carboxylic acids is 1. The van der Waals surface area contributed by atoms with E-state index < -0.39 is 17.7 Å². The molecular weight excluding hydrogens is 342 g/mol. The van der Waals surface area contributed by atoms with Crippen LogP contribution >= 0.6 is 0 Å². The molecule has 0 spiro atoms. The Balaban J connectivity index is 1.64. The van der Waals surface area contributed by atoms with Crippen LogP contribution in [0.1, 0.15) is 43.1 Å². The van der Waals surface area contributed by atoms with Gasteiger partial charge in [-0.2, -0.15) is 5.10 Å². The van der Waals surface area contributed by atoms with Crippen LogP contribution in [0.3, 0.4) is 0 Å². The first-order valence-electron chi connectivity index (χ1n) is 8.95. The number of amides is 1. The van der Waals surface area contributed by atoms with E-state index in [1.165, 1.54) is 15.3 Å². The third kappa shape index (κ3) is 2.93. The molecule has 1 atom stereocenters. The quantitative estimate of drug-likeness (QED) is 0.838. The smallest absolute Gasteiger partial charge is 0.341 e. The van der Waals surface area contributed by atoms with E-state index in [0.717, 1.165) is 44.5 Å². The normalized spacial score (nSPS) is 19.6. The van der Waals surface area contributed by atoms with Crippen molar-refractivity contribution >= 4 is 5.91 Å². The van der Waals surface area contributed by atoms with E-state index in [-0.39, 0.29) is 18.1 Å². The van der Waals surface area contributed by atoms with Gasteiger partial charge in [0.15, 0.2) is 11.6 Å². The monoisotopic (exact) mass is 362 g/mol. The topological polar surface area (TPSA) is 60.1 Å². The van der Waals surface area contributed by atoms with Crippen LogP contribution in [0.2, 0.25) is 0 Å². The molecule has 0 bridgehead atoms. The zero-order valence-electron chi connectivity index (χ0n) is 14.3. The lowest BCUT2D eigenvalue weighted by atomic mass is 10.0. The molecule has 4 rings (SSSR count). The molecule has 1 saturated heterocycles. The van der Waals surface area contributed by atoms with Crippen molar-refractivity contribution in [2.45, 2.75) is 44.7 Å². The van der Waals surface area contributed by atoms with Gasteiger partial charge in [0, 0.05) is 19.5 Å². The first-order valence-corrected chi connectivity index (χ1v) is 8.95. The largest absolute Gasteiger partial charge is 0.346 e. The zero-order chi connectivity index (χ0) is 18.3. The van der Waals surface area contributed by atoms with E-state index >= 15 is 0 Å². The average molecular weight is 362 g/mol. The third-order valence-electron chi connectivity index (χ3n) is 5.15. The van der Waals surface area contributed by atoms with Crippen LogP contribution < -0.4 is 5.69 Å². The number of likely N-dealkylation sites (tertiary alicyclic amines) is 1. The fourth-order valence-electron chi connectivity index (χ4n) is 3.83. The number of halogens is 2. The molecule has 0 radical (unpaired) electrons. The van der Waals surface area contributed by atoms with Gasteiger partial charge in [0.2, 0.25) is 5.91 Å². The van der Waals surface area contributed by atoms with Gasteiger partial charge in [-0.3, -0.25) is 9.36 Å². The Hall–Kier alpha value is -2.51. The van der Waals surface area contributed by atoms with Crippen molar-refractivity contribution in [3.63, 3.8) is 0 Å². The van der Waals surface area contributed by atoms with E-state index in [0.29, 0.717) is 24.2 Å². The highest BCUT2D eigenvalue weighted by atomic mass is 19.2. The molecule has 2 aliphatic heterocycles. The minimum absolute atomic E-state index is 0.0158. The highest BCUT2D eigenvalue weighted by Gasteiger charge is 2.34. The molecule has 1 aromatic carbocycles. The summed E-state index contributed by atoms with van der Waals surface area (Å²) in [5, 5.41) is 4.34. The maximum absolute atomic E-state index is 13.4. The van der Waals surface area contributed by atoms with Crippen LogP contribution in [-0.4, -0.2) is 38.2 Å². The van der Waals surface area contributed by atoms with Crippen molar-refractivity contribution in [1.29, 1.82) is 0 Å². The fourth-order valence-corrected chi connectivity index (χ4v) is 3.83. The van der Waals surface area contributed by atoms with Crippen molar-refractivity contribution in [1.82, 2.24) is 19.2 Å². The Labute approximate surface area is 149 Å². The highest BCUT2D eigenvalue weighted by molar-refractivity contribution is 5.80. The van der Waals surface area contributed by atoms with Gasteiger partial charge in [-0.25, -0.2) is 18.3 Å².